The molecule has 1 spiro atoms. The molecule has 6 aromatic rings. The lowest BCUT2D eigenvalue weighted by Crippen LogP contribution is -2.57. The summed E-state index contributed by atoms with van der Waals surface area (Å²) in [6.45, 7) is 0. The Morgan fingerprint density at radius 1 is 0.327 bits per heavy atom. The molecule has 12 rings (SSSR count). The standard InChI is InChI=1S/C45H32O4/c1-46-25-21-35-39(37(23-25)48-3)43-32-18-10-8-16-30(32)42-28-14-6-5-13-27(28)41(35)29-15-7-9-17-31(29)44(45(41,42)43,34-20-12-11-19-33(34)43)40-36(42)22-26(47-2)24-38(40)49-4/h5-24H,1-4H3/t41-,42-,43+,44+,45?/m0/s1. The predicted molar refractivity (Wildman–Crippen MR) is 187 cm³/mol. The number of hydrogen-bond donors (Lipinski definition) is 0. The third kappa shape index (κ3) is 2.01. The van der Waals surface area contributed by atoms with E-state index >= 15 is 0 Å². The minimum absolute atomic E-state index is 0.537. The van der Waals surface area contributed by atoms with E-state index in [1.165, 1.54) is 66.8 Å². The van der Waals surface area contributed by atoms with Gasteiger partial charge in [0.15, 0.2) is 0 Å². The first-order valence-corrected chi connectivity index (χ1v) is 17.1. The zero-order valence-electron chi connectivity index (χ0n) is 27.7. The van der Waals surface area contributed by atoms with E-state index in [0.717, 1.165) is 23.0 Å². The van der Waals surface area contributed by atoms with Gasteiger partial charge in [0, 0.05) is 28.7 Å². The summed E-state index contributed by atoms with van der Waals surface area (Å²) < 4.78 is 25.3. The van der Waals surface area contributed by atoms with Crippen molar-refractivity contribution in [3.63, 3.8) is 0 Å². The van der Waals surface area contributed by atoms with Crippen LogP contribution in [0.3, 0.4) is 0 Å². The molecule has 4 heteroatoms. The van der Waals surface area contributed by atoms with Crippen LogP contribution in [0.25, 0.3) is 0 Å². The van der Waals surface area contributed by atoms with Crippen LogP contribution in [0, 0.1) is 5.41 Å². The fourth-order valence-corrected chi connectivity index (χ4v) is 13.4. The van der Waals surface area contributed by atoms with Gasteiger partial charge in [0.2, 0.25) is 0 Å². The van der Waals surface area contributed by atoms with E-state index in [2.05, 4.69) is 121 Å². The molecule has 6 aromatic carbocycles. The zero-order valence-corrected chi connectivity index (χ0v) is 27.7. The van der Waals surface area contributed by atoms with Crippen LogP contribution in [0.5, 0.6) is 23.0 Å². The SMILES string of the molecule is COc1cc(OC)c2c(c1)[C@]13c4ccccc4[C@]45c6ccccc6[C@@]26c2ccccc2[C@](c2ccccc21)(c1c(OC)cc(OC)cc14)C356. The molecule has 6 aliphatic rings. The number of rotatable bonds is 4. The molecule has 0 unspecified atom stereocenters. The lowest BCUT2D eigenvalue weighted by Gasteiger charge is -2.51. The number of ether oxygens (including phenoxy) is 4. The van der Waals surface area contributed by atoms with Crippen molar-refractivity contribution in [3.05, 3.63) is 188 Å². The maximum Gasteiger partial charge on any atom is 0.127 e. The Morgan fingerprint density at radius 3 is 0.878 bits per heavy atom. The van der Waals surface area contributed by atoms with Gasteiger partial charge in [-0.1, -0.05) is 97.1 Å². The topological polar surface area (TPSA) is 36.9 Å². The summed E-state index contributed by atoms with van der Waals surface area (Å²) in [4.78, 5) is 0. The maximum atomic E-state index is 6.55. The molecule has 0 bridgehead atoms. The highest BCUT2D eigenvalue weighted by molar-refractivity contribution is 6.00. The maximum absolute atomic E-state index is 6.55. The van der Waals surface area contributed by atoms with Gasteiger partial charge in [-0.3, -0.25) is 0 Å². The summed E-state index contributed by atoms with van der Waals surface area (Å²) >= 11 is 0. The number of fused-ring (bicyclic) bond motifs is 6. The normalized spacial score (nSPS) is 29.6. The highest BCUT2D eigenvalue weighted by atomic mass is 16.5. The van der Waals surface area contributed by atoms with Crippen molar-refractivity contribution in [2.45, 2.75) is 21.7 Å². The molecule has 0 aliphatic heterocycles. The third-order valence-electron chi connectivity index (χ3n) is 13.8. The Morgan fingerprint density at radius 2 is 0.612 bits per heavy atom. The molecule has 0 saturated heterocycles. The lowest BCUT2D eigenvalue weighted by atomic mass is 9.47. The molecule has 0 aromatic heterocycles. The molecule has 0 N–H and O–H groups in total. The van der Waals surface area contributed by atoms with Crippen LogP contribution < -0.4 is 18.9 Å². The van der Waals surface area contributed by atoms with Crippen LogP contribution in [0.2, 0.25) is 0 Å². The Kier molecular flexibility index (Phi) is 4.25. The smallest absolute Gasteiger partial charge is 0.127 e. The average molecular weight is 637 g/mol. The second kappa shape index (κ2) is 7.87. The van der Waals surface area contributed by atoms with Crippen molar-refractivity contribution in [3.8, 4) is 23.0 Å². The van der Waals surface area contributed by atoms with Crippen molar-refractivity contribution in [1.82, 2.24) is 0 Å². The molecule has 4 atom stereocenters. The van der Waals surface area contributed by atoms with E-state index in [1.54, 1.807) is 14.2 Å². The van der Waals surface area contributed by atoms with Gasteiger partial charge in [0.1, 0.15) is 23.0 Å². The summed E-state index contributed by atoms with van der Waals surface area (Å²) in [5.74, 6) is 3.34. The predicted octanol–water partition coefficient (Wildman–Crippen LogP) is 8.03. The first-order valence-electron chi connectivity index (χ1n) is 17.1. The van der Waals surface area contributed by atoms with Crippen LogP contribution in [0.15, 0.2) is 121 Å². The molecule has 0 fully saturated rings. The fraction of sp³-hybridized carbons (Fsp3) is 0.200. The van der Waals surface area contributed by atoms with Crippen molar-refractivity contribution >= 4 is 0 Å². The second-order valence-electron chi connectivity index (χ2n) is 14.4. The van der Waals surface area contributed by atoms with Gasteiger partial charge < -0.3 is 18.9 Å². The fourth-order valence-electron chi connectivity index (χ4n) is 13.4. The summed E-state index contributed by atoms with van der Waals surface area (Å²) in [7, 11) is 7.16. The monoisotopic (exact) mass is 636 g/mol. The van der Waals surface area contributed by atoms with E-state index in [0.29, 0.717) is 0 Å². The summed E-state index contributed by atoms with van der Waals surface area (Å²) in [5.41, 5.74) is 13.0. The lowest BCUT2D eigenvalue weighted by molar-refractivity contribution is 0.107. The average Bonchev–Trinajstić information content (AvgIpc) is 3.87. The Labute approximate surface area is 284 Å². The van der Waals surface area contributed by atoms with E-state index < -0.39 is 27.1 Å². The summed E-state index contributed by atoms with van der Waals surface area (Å²) in [6, 6.07) is 46.1. The second-order valence-corrected chi connectivity index (χ2v) is 14.4. The van der Waals surface area contributed by atoms with E-state index in [4.69, 9.17) is 18.9 Å². The third-order valence-corrected chi connectivity index (χ3v) is 13.8. The van der Waals surface area contributed by atoms with Gasteiger partial charge in [0.05, 0.1) is 50.1 Å². The first kappa shape index (κ1) is 26.5. The van der Waals surface area contributed by atoms with Crippen molar-refractivity contribution in [2.24, 2.45) is 5.41 Å². The van der Waals surface area contributed by atoms with Crippen LogP contribution in [-0.4, -0.2) is 28.4 Å². The highest BCUT2D eigenvalue weighted by Gasteiger charge is 3.00. The van der Waals surface area contributed by atoms with Crippen molar-refractivity contribution in [1.29, 1.82) is 0 Å². The van der Waals surface area contributed by atoms with Gasteiger partial charge in [-0.25, -0.2) is 0 Å². The molecule has 236 valence electrons. The molecule has 0 amide bonds. The summed E-state index contributed by atoms with van der Waals surface area (Å²) in [6.07, 6.45) is 0. The number of hydrogen-bond acceptors (Lipinski definition) is 4. The minimum Gasteiger partial charge on any atom is -0.497 e. The van der Waals surface area contributed by atoms with E-state index in [9.17, 15) is 0 Å². The number of benzene rings is 6. The molecule has 4 nitrogen and oxygen atoms in total. The van der Waals surface area contributed by atoms with Gasteiger partial charge in [0.25, 0.3) is 0 Å². The van der Waals surface area contributed by atoms with Crippen molar-refractivity contribution < 1.29 is 18.9 Å². The highest BCUT2D eigenvalue weighted by Crippen LogP contribution is 3.00. The van der Waals surface area contributed by atoms with Crippen LogP contribution >= 0.6 is 0 Å². The largest absolute Gasteiger partial charge is 0.497 e. The molecule has 49 heavy (non-hydrogen) atoms. The van der Waals surface area contributed by atoms with E-state index in [-0.39, 0.29) is 0 Å². The van der Waals surface area contributed by atoms with Gasteiger partial charge in [-0.05, 0) is 67.8 Å². The quantitative estimate of drug-likeness (QED) is 0.196. The summed E-state index contributed by atoms with van der Waals surface area (Å²) in [5, 5.41) is 0. The van der Waals surface area contributed by atoms with Gasteiger partial charge in [-0.15, -0.1) is 0 Å². The van der Waals surface area contributed by atoms with Crippen LogP contribution in [0.1, 0.15) is 66.8 Å². The van der Waals surface area contributed by atoms with Gasteiger partial charge in [-0.2, -0.15) is 0 Å². The molecule has 0 heterocycles. The van der Waals surface area contributed by atoms with Gasteiger partial charge >= 0.3 is 0 Å². The van der Waals surface area contributed by atoms with E-state index in [1.807, 2.05) is 14.2 Å². The zero-order chi connectivity index (χ0) is 32.7. The Hall–Kier alpha value is -5.48. The molecular weight excluding hydrogens is 604 g/mol. The van der Waals surface area contributed by atoms with Crippen LogP contribution in [0.4, 0.5) is 0 Å². The first-order chi connectivity index (χ1) is 24.1. The molecule has 0 saturated carbocycles. The number of methoxy groups -OCH3 is 4. The van der Waals surface area contributed by atoms with Crippen LogP contribution in [-0.2, 0) is 21.7 Å². The minimum atomic E-state index is -0.595. The Bertz CT molecular complexity index is 2370. The molecule has 6 aliphatic carbocycles. The Balaban J connectivity index is 1.52. The molecule has 0 radical (unpaired) electrons. The molecular formula is C45H32O4. The van der Waals surface area contributed by atoms with Crippen molar-refractivity contribution in [2.75, 3.05) is 28.4 Å².